The Balaban J connectivity index is 1.63. The summed E-state index contributed by atoms with van der Waals surface area (Å²) in [4.78, 5) is 26.4. The highest BCUT2D eigenvalue weighted by Crippen LogP contribution is 2.19. The van der Waals surface area contributed by atoms with E-state index in [1.165, 1.54) is 7.11 Å². The van der Waals surface area contributed by atoms with Crippen molar-refractivity contribution in [3.8, 4) is 11.3 Å². The van der Waals surface area contributed by atoms with E-state index in [4.69, 9.17) is 9.73 Å². The number of aromatic nitrogens is 2. The molecule has 3 rings (SSSR count). The monoisotopic (exact) mass is 369 g/mol. The van der Waals surface area contributed by atoms with Gasteiger partial charge in [0.15, 0.2) is 5.96 Å². The second-order valence-corrected chi connectivity index (χ2v) is 6.56. The molecule has 1 aliphatic rings. The van der Waals surface area contributed by atoms with Crippen LogP contribution in [0, 0.1) is 5.92 Å². The number of hydrogen-bond acceptors (Lipinski definition) is 4. The minimum absolute atomic E-state index is 0.00682. The smallest absolute Gasteiger partial charge is 0.308 e. The van der Waals surface area contributed by atoms with Crippen LogP contribution in [0.2, 0.25) is 0 Å². The first kappa shape index (κ1) is 18.9. The van der Waals surface area contributed by atoms with Gasteiger partial charge in [-0.15, -0.1) is 0 Å². The molecular formula is C20H27N5O2. The molecule has 27 heavy (non-hydrogen) atoms. The molecule has 0 unspecified atom stereocenters. The lowest BCUT2D eigenvalue weighted by Gasteiger charge is -2.33. The number of carbonyl (C=O) groups excluding carboxylic acids is 1. The van der Waals surface area contributed by atoms with Crippen molar-refractivity contribution in [2.24, 2.45) is 10.9 Å². The molecule has 0 spiro atoms. The van der Waals surface area contributed by atoms with Crippen molar-refractivity contribution < 1.29 is 9.53 Å². The van der Waals surface area contributed by atoms with E-state index in [1.807, 2.05) is 24.4 Å². The zero-order valence-electron chi connectivity index (χ0n) is 15.9. The number of nitrogens with one attached hydrogen (secondary N) is 2. The molecule has 0 saturated carbocycles. The maximum Gasteiger partial charge on any atom is 0.308 e. The van der Waals surface area contributed by atoms with Crippen LogP contribution < -0.4 is 5.32 Å². The molecule has 2 heterocycles. The van der Waals surface area contributed by atoms with Crippen molar-refractivity contribution >= 4 is 11.9 Å². The molecule has 144 valence electrons. The number of methoxy groups -OCH3 is 1. The van der Waals surface area contributed by atoms with Crippen LogP contribution >= 0.6 is 0 Å². The van der Waals surface area contributed by atoms with E-state index in [9.17, 15) is 4.79 Å². The topological polar surface area (TPSA) is 82.6 Å². The normalized spacial score (nSPS) is 15.6. The van der Waals surface area contributed by atoms with Crippen molar-refractivity contribution in [2.75, 3.05) is 26.7 Å². The molecule has 7 nitrogen and oxygen atoms in total. The molecule has 1 aliphatic heterocycles. The Labute approximate surface area is 159 Å². The Morgan fingerprint density at radius 3 is 2.74 bits per heavy atom. The third kappa shape index (κ3) is 4.87. The summed E-state index contributed by atoms with van der Waals surface area (Å²) in [6.07, 6.45) is 3.42. The number of aromatic amines is 1. The average molecular weight is 369 g/mol. The lowest BCUT2D eigenvalue weighted by Crippen LogP contribution is -2.46. The summed E-state index contributed by atoms with van der Waals surface area (Å²) in [6.45, 7) is 4.91. The molecule has 0 atom stereocenters. The maximum atomic E-state index is 11.7. The number of esters is 1. The van der Waals surface area contributed by atoms with Crippen LogP contribution in [0.1, 0.15) is 25.6 Å². The van der Waals surface area contributed by atoms with Crippen molar-refractivity contribution in [1.29, 1.82) is 0 Å². The predicted octanol–water partition coefficient (Wildman–Crippen LogP) is 2.43. The van der Waals surface area contributed by atoms with Gasteiger partial charge in [0, 0.05) is 19.6 Å². The number of benzene rings is 1. The number of ether oxygens (including phenoxy) is 1. The first-order valence-corrected chi connectivity index (χ1v) is 9.41. The van der Waals surface area contributed by atoms with Crippen LogP contribution in [0.25, 0.3) is 11.3 Å². The number of hydrogen-bond donors (Lipinski definition) is 2. The Hall–Kier alpha value is -2.83. The van der Waals surface area contributed by atoms with Gasteiger partial charge in [-0.3, -0.25) is 4.79 Å². The van der Waals surface area contributed by atoms with Crippen LogP contribution in [0.4, 0.5) is 0 Å². The minimum atomic E-state index is -0.111. The molecule has 1 aromatic carbocycles. The first-order chi connectivity index (χ1) is 13.2. The summed E-state index contributed by atoms with van der Waals surface area (Å²) in [5, 5.41) is 3.34. The Kier molecular flexibility index (Phi) is 6.46. The highest BCUT2D eigenvalue weighted by Gasteiger charge is 2.26. The lowest BCUT2D eigenvalue weighted by molar-refractivity contribution is -0.146. The van der Waals surface area contributed by atoms with Gasteiger partial charge in [0.05, 0.1) is 24.9 Å². The standard InChI is InChI=1S/C20H27N5O2/c1-3-21-20(25-11-9-16(10-12-25)19(26)27-2)23-14-18-22-13-17(24-18)15-7-5-4-6-8-15/h4-8,13,16H,3,9-12,14H2,1-2H3,(H,21,23)(H,22,24). The number of likely N-dealkylation sites (tertiary alicyclic amines) is 1. The van der Waals surface area contributed by atoms with Gasteiger partial charge in [0.25, 0.3) is 0 Å². The van der Waals surface area contributed by atoms with Gasteiger partial charge < -0.3 is 19.9 Å². The molecule has 2 N–H and O–H groups in total. The number of carbonyl (C=O) groups is 1. The van der Waals surface area contributed by atoms with E-state index in [2.05, 4.69) is 39.2 Å². The fraction of sp³-hybridized carbons (Fsp3) is 0.450. The molecule has 0 aliphatic carbocycles. The fourth-order valence-electron chi connectivity index (χ4n) is 3.28. The molecule has 1 aromatic heterocycles. The van der Waals surface area contributed by atoms with E-state index < -0.39 is 0 Å². The van der Waals surface area contributed by atoms with Crippen LogP contribution in [-0.4, -0.2) is 53.5 Å². The van der Waals surface area contributed by atoms with E-state index in [1.54, 1.807) is 0 Å². The van der Waals surface area contributed by atoms with Gasteiger partial charge in [-0.2, -0.15) is 0 Å². The molecular weight excluding hydrogens is 342 g/mol. The summed E-state index contributed by atoms with van der Waals surface area (Å²) in [6, 6.07) is 10.1. The number of imidazole rings is 1. The molecule has 2 aromatic rings. The number of aliphatic imine (C=N–C) groups is 1. The first-order valence-electron chi connectivity index (χ1n) is 9.41. The molecule has 0 bridgehead atoms. The van der Waals surface area contributed by atoms with Crippen LogP contribution in [0.15, 0.2) is 41.5 Å². The van der Waals surface area contributed by atoms with Crippen LogP contribution in [-0.2, 0) is 16.1 Å². The second kappa shape index (κ2) is 9.21. The van der Waals surface area contributed by atoms with E-state index in [0.717, 1.165) is 55.5 Å². The SMILES string of the molecule is CCNC(=NCc1ncc(-c2ccccc2)[nH]1)N1CCC(C(=O)OC)CC1. The van der Waals surface area contributed by atoms with Crippen LogP contribution in [0.3, 0.4) is 0 Å². The molecule has 7 heteroatoms. The molecule has 1 saturated heterocycles. The zero-order chi connectivity index (χ0) is 19.1. The summed E-state index contributed by atoms with van der Waals surface area (Å²) in [7, 11) is 1.45. The highest BCUT2D eigenvalue weighted by atomic mass is 16.5. The van der Waals surface area contributed by atoms with E-state index in [-0.39, 0.29) is 11.9 Å². The predicted molar refractivity (Wildman–Crippen MR) is 105 cm³/mol. The van der Waals surface area contributed by atoms with E-state index >= 15 is 0 Å². The highest BCUT2D eigenvalue weighted by molar-refractivity contribution is 5.80. The second-order valence-electron chi connectivity index (χ2n) is 6.56. The van der Waals surface area contributed by atoms with Gasteiger partial charge in [-0.25, -0.2) is 9.98 Å². The van der Waals surface area contributed by atoms with Gasteiger partial charge in [0.1, 0.15) is 12.4 Å². The minimum Gasteiger partial charge on any atom is -0.469 e. The molecule has 0 amide bonds. The number of guanidine groups is 1. The number of nitrogens with zero attached hydrogens (tertiary/aromatic N) is 3. The quantitative estimate of drug-likeness (QED) is 0.480. The van der Waals surface area contributed by atoms with Crippen molar-refractivity contribution in [3.63, 3.8) is 0 Å². The Bertz CT molecular complexity index is 764. The zero-order valence-corrected chi connectivity index (χ0v) is 15.9. The van der Waals surface area contributed by atoms with Gasteiger partial charge in [0.2, 0.25) is 0 Å². The maximum absolute atomic E-state index is 11.7. The summed E-state index contributed by atoms with van der Waals surface area (Å²) >= 11 is 0. The number of rotatable bonds is 5. The van der Waals surface area contributed by atoms with Crippen LogP contribution in [0.5, 0.6) is 0 Å². The van der Waals surface area contributed by atoms with Gasteiger partial charge in [-0.1, -0.05) is 30.3 Å². The third-order valence-corrected chi connectivity index (χ3v) is 4.76. The third-order valence-electron chi connectivity index (χ3n) is 4.76. The van der Waals surface area contributed by atoms with Gasteiger partial charge >= 0.3 is 5.97 Å². The summed E-state index contributed by atoms with van der Waals surface area (Å²) in [5.74, 6) is 1.57. The summed E-state index contributed by atoms with van der Waals surface area (Å²) in [5.41, 5.74) is 2.10. The largest absolute Gasteiger partial charge is 0.469 e. The number of H-pyrrole nitrogens is 1. The lowest BCUT2D eigenvalue weighted by atomic mass is 9.97. The fourth-order valence-corrected chi connectivity index (χ4v) is 3.28. The summed E-state index contributed by atoms with van der Waals surface area (Å²) < 4.78 is 4.86. The molecule has 0 radical (unpaired) electrons. The Morgan fingerprint density at radius 2 is 2.07 bits per heavy atom. The van der Waals surface area contributed by atoms with Gasteiger partial charge in [-0.05, 0) is 25.3 Å². The molecule has 1 fully saturated rings. The van der Waals surface area contributed by atoms with Crippen molar-refractivity contribution in [2.45, 2.75) is 26.3 Å². The average Bonchev–Trinajstić information content (AvgIpc) is 3.20. The number of piperidine rings is 1. The Morgan fingerprint density at radius 1 is 1.33 bits per heavy atom. The van der Waals surface area contributed by atoms with Crippen molar-refractivity contribution in [3.05, 3.63) is 42.4 Å². The van der Waals surface area contributed by atoms with Crippen molar-refractivity contribution in [1.82, 2.24) is 20.2 Å². The van der Waals surface area contributed by atoms with E-state index in [0.29, 0.717) is 6.54 Å².